The van der Waals surface area contributed by atoms with E-state index in [4.69, 9.17) is 10.7 Å². The van der Waals surface area contributed by atoms with Gasteiger partial charge in [0.25, 0.3) is 0 Å². The molecule has 1 atom stereocenters. The van der Waals surface area contributed by atoms with Gasteiger partial charge in [-0.2, -0.15) is 0 Å². The molecule has 0 aliphatic rings. The molecule has 0 spiro atoms. The fraction of sp³-hybridized carbons (Fsp3) is 0.562. The third-order valence-electron chi connectivity index (χ3n) is 4.12. The van der Waals surface area contributed by atoms with Gasteiger partial charge in [-0.1, -0.05) is 26.8 Å². The van der Waals surface area contributed by atoms with Crippen LogP contribution in [0.3, 0.4) is 0 Å². The fourth-order valence-electron chi connectivity index (χ4n) is 2.54. The van der Waals surface area contributed by atoms with Crippen molar-refractivity contribution >= 4 is 11.0 Å². The number of nitrogens with two attached hydrogens (primary N) is 1. The van der Waals surface area contributed by atoms with Crippen LogP contribution in [0.5, 0.6) is 0 Å². The first-order chi connectivity index (χ1) is 9.05. The van der Waals surface area contributed by atoms with Crippen molar-refractivity contribution in [3.63, 3.8) is 0 Å². The van der Waals surface area contributed by atoms with Gasteiger partial charge in [0.05, 0.1) is 11.0 Å². The molecule has 2 aromatic rings. The molecule has 0 aliphatic heterocycles. The van der Waals surface area contributed by atoms with E-state index in [1.807, 2.05) is 0 Å². The lowest BCUT2D eigenvalue weighted by atomic mass is 9.86. The molecule has 3 heteroatoms. The van der Waals surface area contributed by atoms with E-state index < -0.39 is 0 Å². The van der Waals surface area contributed by atoms with Crippen LogP contribution in [0.15, 0.2) is 18.2 Å². The monoisotopic (exact) mass is 259 g/mol. The first kappa shape index (κ1) is 14.1. The van der Waals surface area contributed by atoms with Crippen LogP contribution in [0.2, 0.25) is 0 Å². The standard InChI is InChI=1S/C16H25N3/c1-5-9-19-14-8-7-12(3)10-13(14)18-15(19)16(4,6-2)11-17/h7-8,10H,5-6,9,11,17H2,1-4H3. The Labute approximate surface area is 115 Å². The second-order valence-electron chi connectivity index (χ2n) is 5.70. The van der Waals surface area contributed by atoms with Gasteiger partial charge < -0.3 is 10.3 Å². The number of imidazole rings is 1. The van der Waals surface area contributed by atoms with Crippen LogP contribution in [-0.4, -0.2) is 16.1 Å². The van der Waals surface area contributed by atoms with Crippen molar-refractivity contribution in [1.82, 2.24) is 9.55 Å². The molecule has 2 rings (SSSR count). The maximum atomic E-state index is 6.01. The van der Waals surface area contributed by atoms with E-state index in [-0.39, 0.29) is 5.41 Å². The smallest absolute Gasteiger partial charge is 0.117 e. The number of nitrogens with zero attached hydrogens (tertiary/aromatic N) is 2. The Balaban J connectivity index is 2.68. The SMILES string of the molecule is CCCn1c(C(C)(CC)CN)nc2cc(C)ccc21. The lowest BCUT2D eigenvalue weighted by Crippen LogP contribution is -2.34. The van der Waals surface area contributed by atoms with Crippen molar-refractivity contribution in [2.24, 2.45) is 5.73 Å². The number of aryl methyl sites for hydroxylation is 2. The third-order valence-corrected chi connectivity index (χ3v) is 4.12. The molecule has 1 aromatic carbocycles. The minimum Gasteiger partial charge on any atom is -0.329 e. The van der Waals surface area contributed by atoms with Crippen molar-refractivity contribution < 1.29 is 0 Å². The first-order valence-electron chi connectivity index (χ1n) is 7.23. The number of aromatic nitrogens is 2. The molecule has 1 unspecified atom stereocenters. The van der Waals surface area contributed by atoms with Crippen LogP contribution < -0.4 is 5.73 Å². The highest BCUT2D eigenvalue weighted by molar-refractivity contribution is 5.77. The molecule has 0 radical (unpaired) electrons. The topological polar surface area (TPSA) is 43.8 Å². The summed E-state index contributed by atoms with van der Waals surface area (Å²) in [5, 5.41) is 0. The molecule has 1 heterocycles. The van der Waals surface area contributed by atoms with Crippen LogP contribution in [0, 0.1) is 6.92 Å². The average molecular weight is 259 g/mol. The van der Waals surface area contributed by atoms with Gasteiger partial charge in [0.2, 0.25) is 0 Å². The third kappa shape index (κ3) is 2.39. The summed E-state index contributed by atoms with van der Waals surface area (Å²) in [4.78, 5) is 4.89. The molecule has 3 nitrogen and oxygen atoms in total. The highest BCUT2D eigenvalue weighted by Crippen LogP contribution is 2.29. The Morgan fingerprint density at radius 1 is 1.32 bits per heavy atom. The first-order valence-corrected chi connectivity index (χ1v) is 7.23. The summed E-state index contributed by atoms with van der Waals surface area (Å²) in [7, 11) is 0. The number of rotatable bonds is 5. The summed E-state index contributed by atoms with van der Waals surface area (Å²) >= 11 is 0. The Bertz CT molecular complexity index is 565. The van der Waals surface area contributed by atoms with Gasteiger partial charge in [-0.25, -0.2) is 4.98 Å². The molecular formula is C16H25N3. The number of hydrogen-bond acceptors (Lipinski definition) is 2. The molecule has 2 N–H and O–H groups in total. The molecular weight excluding hydrogens is 234 g/mol. The Morgan fingerprint density at radius 3 is 2.63 bits per heavy atom. The second kappa shape index (κ2) is 5.33. The van der Waals surface area contributed by atoms with Crippen LogP contribution in [0.4, 0.5) is 0 Å². The molecule has 0 saturated heterocycles. The quantitative estimate of drug-likeness (QED) is 0.894. The number of fused-ring (bicyclic) bond motifs is 1. The highest BCUT2D eigenvalue weighted by Gasteiger charge is 2.29. The molecule has 0 aliphatic carbocycles. The maximum Gasteiger partial charge on any atom is 0.117 e. The van der Waals surface area contributed by atoms with Gasteiger partial charge in [0, 0.05) is 18.5 Å². The van der Waals surface area contributed by atoms with Crippen molar-refractivity contribution in [1.29, 1.82) is 0 Å². The van der Waals surface area contributed by atoms with E-state index in [1.54, 1.807) is 0 Å². The number of hydrogen-bond donors (Lipinski definition) is 1. The summed E-state index contributed by atoms with van der Waals surface area (Å²) in [5.41, 5.74) is 9.56. The lowest BCUT2D eigenvalue weighted by Gasteiger charge is -2.26. The lowest BCUT2D eigenvalue weighted by molar-refractivity contribution is 0.416. The van der Waals surface area contributed by atoms with Gasteiger partial charge in [-0.05, 0) is 37.5 Å². The second-order valence-corrected chi connectivity index (χ2v) is 5.70. The van der Waals surface area contributed by atoms with Crippen molar-refractivity contribution in [3.05, 3.63) is 29.6 Å². The largest absolute Gasteiger partial charge is 0.329 e. The van der Waals surface area contributed by atoms with E-state index in [0.717, 1.165) is 30.7 Å². The van der Waals surface area contributed by atoms with Gasteiger partial charge in [0.15, 0.2) is 0 Å². The summed E-state index contributed by atoms with van der Waals surface area (Å²) in [6, 6.07) is 6.51. The summed E-state index contributed by atoms with van der Waals surface area (Å²) in [6.45, 7) is 10.4. The van der Waals surface area contributed by atoms with Crippen LogP contribution >= 0.6 is 0 Å². The highest BCUT2D eigenvalue weighted by atomic mass is 15.1. The van der Waals surface area contributed by atoms with Crippen LogP contribution in [0.25, 0.3) is 11.0 Å². The molecule has 104 valence electrons. The zero-order valence-corrected chi connectivity index (χ0v) is 12.5. The Morgan fingerprint density at radius 2 is 2.05 bits per heavy atom. The van der Waals surface area contributed by atoms with E-state index in [1.165, 1.54) is 11.1 Å². The van der Waals surface area contributed by atoms with Gasteiger partial charge in [0.1, 0.15) is 5.82 Å². The molecule has 0 bridgehead atoms. The Kier molecular flexibility index (Phi) is 3.95. The van der Waals surface area contributed by atoms with Crippen molar-refractivity contribution in [2.75, 3.05) is 6.54 Å². The average Bonchev–Trinajstić information content (AvgIpc) is 2.77. The number of benzene rings is 1. The van der Waals surface area contributed by atoms with Crippen LogP contribution in [0.1, 0.15) is 45.0 Å². The molecule has 0 saturated carbocycles. The zero-order chi connectivity index (χ0) is 14.0. The predicted molar refractivity (Wildman–Crippen MR) is 81.5 cm³/mol. The van der Waals surface area contributed by atoms with E-state index in [9.17, 15) is 0 Å². The van der Waals surface area contributed by atoms with Crippen molar-refractivity contribution in [2.45, 2.75) is 52.5 Å². The summed E-state index contributed by atoms with van der Waals surface area (Å²) in [5.74, 6) is 1.14. The normalized spacial score (nSPS) is 14.8. The summed E-state index contributed by atoms with van der Waals surface area (Å²) < 4.78 is 2.35. The van der Waals surface area contributed by atoms with Gasteiger partial charge in [-0.15, -0.1) is 0 Å². The molecule has 1 aromatic heterocycles. The Hall–Kier alpha value is -1.35. The van der Waals surface area contributed by atoms with Crippen LogP contribution in [-0.2, 0) is 12.0 Å². The van der Waals surface area contributed by atoms with E-state index >= 15 is 0 Å². The molecule has 0 fully saturated rings. The molecule has 0 amide bonds. The van der Waals surface area contributed by atoms with Gasteiger partial charge in [-0.3, -0.25) is 0 Å². The minimum atomic E-state index is -0.0396. The van der Waals surface area contributed by atoms with E-state index in [0.29, 0.717) is 6.54 Å². The maximum absolute atomic E-state index is 6.01. The zero-order valence-electron chi connectivity index (χ0n) is 12.5. The van der Waals surface area contributed by atoms with E-state index in [2.05, 4.69) is 50.5 Å². The van der Waals surface area contributed by atoms with Gasteiger partial charge >= 0.3 is 0 Å². The summed E-state index contributed by atoms with van der Waals surface area (Å²) in [6.07, 6.45) is 2.12. The molecule has 19 heavy (non-hydrogen) atoms. The fourth-order valence-corrected chi connectivity index (χ4v) is 2.54. The predicted octanol–water partition coefficient (Wildman–Crippen LogP) is 3.38. The minimum absolute atomic E-state index is 0.0396. The van der Waals surface area contributed by atoms with Crippen molar-refractivity contribution in [3.8, 4) is 0 Å².